The van der Waals surface area contributed by atoms with E-state index in [1.807, 2.05) is 0 Å². The first-order valence-corrected chi connectivity index (χ1v) is 14.1. The summed E-state index contributed by atoms with van der Waals surface area (Å²) in [6, 6.07) is 0. The van der Waals surface area contributed by atoms with Crippen LogP contribution in [0.25, 0.3) is 0 Å². The molecule has 3 saturated carbocycles. The van der Waals surface area contributed by atoms with Crippen LogP contribution in [0.1, 0.15) is 79.6 Å². The Bertz CT molecular complexity index is 1100. The molecule has 0 radical (unpaired) electrons. The first kappa shape index (κ1) is 24.6. The van der Waals surface area contributed by atoms with Crippen LogP contribution in [0.15, 0.2) is 11.6 Å². The van der Waals surface area contributed by atoms with Gasteiger partial charge >= 0.3 is 11.9 Å². The van der Waals surface area contributed by atoms with Crippen molar-refractivity contribution >= 4 is 11.9 Å². The van der Waals surface area contributed by atoms with E-state index < -0.39 is 34.6 Å². The van der Waals surface area contributed by atoms with Crippen molar-refractivity contribution in [1.29, 1.82) is 0 Å². The topological polar surface area (TPSA) is 115 Å². The van der Waals surface area contributed by atoms with E-state index in [9.17, 15) is 19.8 Å². The van der Waals surface area contributed by atoms with Crippen LogP contribution in [0.5, 0.6) is 0 Å². The number of esters is 2. The number of hydrogen-bond donors (Lipinski definition) is 2. The zero-order valence-electron chi connectivity index (χ0n) is 22.5. The summed E-state index contributed by atoms with van der Waals surface area (Å²) in [6.45, 7) is 10.2. The zero-order chi connectivity index (χ0) is 26.3. The first-order valence-electron chi connectivity index (χ1n) is 14.1. The van der Waals surface area contributed by atoms with Gasteiger partial charge in [0.15, 0.2) is 0 Å². The Hall–Kier alpha value is -1.48. The number of carbonyl (C=O) groups excluding carboxylic acids is 2. The Kier molecular flexibility index (Phi) is 4.76. The molecule has 3 aliphatic carbocycles. The van der Waals surface area contributed by atoms with Crippen molar-refractivity contribution in [3.05, 3.63) is 11.6 Å². The minimum Gasteiger partial charge on any atom is -0.456 e. The van der Waals surface area contributed by atoms with Gasteiger partial charge in [0, 0.05) is 29.2 Å². The summed E-state index contributed by atoms with van der Waals surface area (Å²) in [5, 5.41) is 23.7. The van der Waals surface area contributed by atoms with Crippen LogP contribution in [0, 0.1) is 29.1 Å². The van der Waals surface area contributed by atoms with Gasteiger partial charge in [0.2, 0.25) is 0 Å². The number of aliphatic hydroxyl groups is 2. The number of hydrogen-bond acceptors (Lipinski definition) is 8. The smallest absolute Gasteiger partial charge is 0.334 e. The van der Waals surface area contributed by atoms with Gasteiger partial charge in [-0.3, -0.25) is 4.79 Å². The molecule has 0 aromatic carbocycles. The number of cyclic esters (lactones) is 1. The monoisotopic (exact) mass is 516 g/mol. The fourth-order valence-corrected chi connectivity index (χ4v) is 10.4. The second-order valence-corrected chi connectivity index (χ2v) is 14.0. The van der Waals surface area contributed by atoms with E-state index in [1.165, 1.54) is 0 Å². The highest BCUT2D eigenvalue weighted by molar-refractivity contribution is 5.90. The Morgan fingerprint density at radius 2 is 1.78 bits per heavy atom. The van der Waals surface area contributed by atoms with E-state index >= 15 is 0 Å². The van der Waals surface area contributed by atoms with E-state index in [4.69, 9.17) is 18.9 Å². The maximum Gasteiger partial charge on any atom is 0.334 e. The summed E-state index contributed by atoms with van der Waals surface area (Å²) in [7, 11) is 0. The van der Waals surface area contributed by atoms with Crippen LogP contribution in [0.3, 0.4) is 0 Å². The Morgan fingerprint density at radius 1 is 1.05 bits per heavy atom. The molecule has 204 valence electrons. The van der Waals surface area contributed by atoms with Gasteiger partial charge in [0.05, 0.1) is 29.8 Å². The first-order chi connectivity index (χ1) is 17.3. The van der Waals surface area contributed by atoms with Crippen LogP contribution < -0.4 is 0 Å². The summed E-state index contributed by atoms with van der Waals surface area (Å²) in [5.74, 6) is -0.554. The van der Waals surface area contributed by atoms with E-state index in [2.05, 4.69) is 27.7 Å². The van der Waals surface area contributed by atoms with Crippen molar-refractivity contribution < 1.29 is 38.7 Å². The van der Waals surface area contributed by atoms with E-state index in [0.29, 0.717) is 18.4 Å². The molecule has 0 bridgehead atoms. The van der Waals surface area contributed by atoms with Gasteiger partial charge in [0.25, 0.3) is 0 Å². The minimum absolute atomic E-state index is 0.0240. The highest BCUT2D eigenvalue weighted by Crippen LogP contribution is 2.76. The van der Waals surface area contributed by atoms with Gasteiger partial charge in [-0.25, -0.2) is 4.79 Å². The molecule has 2 N–H and O–H groups in total. The molecule has 37 heavy (non-hydrogen) atoms. The van der Waals surface area contributed by atoms with Gasteiger partial charge in [0.1, 0.15) is 23.4 Å². The predicted octanol–water partition coefficient (Wildman–Crippen LogP) is 2.82. The van der Waals surface area contributed by atoms with Crippen LogP contribution in [0.2, 0.25) is 0 Å². The highest BCUT2D eigenvalue weighted by atomic mass is 16.6. The van der Waals surface area contributed by atoms with Crippen LogP contribution in [-0.4, -0.2) is 69.0 Å². The summed E-state index contributed by atoms with van der Waals surface area (Å²) in [5.41, 5.74) is -2.34. The summed E-state index contributed by atoms with van der Waals surface area (Å²) in [4.78, 5) is 24.4. The van der Waals surface area contributed by atoms with E-state index in [1.54, 1.807) is 13.0 Å². The van der Waals surface area contributed by atoms with Crippen molar-refractivity contribution in [1.82, 2.24) is 0 Å². The molecule has 7 aliphatic rings. The van der Waals surface area contributed by atoms with Crippen LogP contribution >= 0.6 is 0 Å². The lowest BCUT2D eigenvalue weighted by atomic mass is 9.52. The highest BCUT2D eigenvalue weighted by Gasteiger charge is 2.83. The van der Waals surface area contributed by atoms with E-state index in [0.717, 1.165) is 25.7 Å². The molecule has 0 aromatic rings. The molecule has 6 fully saturated rings. The maximum absolute atomic E-state index is 12.5. The van der Waals surface area contributed by atoms with Gasteiger partial charge < -0.3 is 29.2 Å². The van der Waals surface area contributed by atoms with E-state index in [-0.39, 0.29) is 59.7 Å². The van der Waals surface area contributed by atoms with Crippen molar-refractivity contribution in [3.8, 4) is 0 Å². The molecule has 4 heterocycles. The molecule has 0 amide bonds. The number of epoxide rings is 1. The van der Waals surface area contributed by atoms with Gasteiger partial charge in [-0.1, -0.05) is 13.8 Å². The standard InChI is InChI=1S/C29H40O8/c1-14-10-17(34-24(14)32)23(31)15(2)16-11-21-29(36-21)19-7-6-18-25(3,4)35-20-12-22(30)37-28(18,20)13-27(19,33)9-8-26(16,29)5/h10,15-21,23,31,33H,6-9,11-13H2,1-5H3. The van der Waals surface area contributed by atoms with Gasteiger partial charge in [-0.2, -0.15) is 0 Å². The predicted molar refractivity (Wildman–Crippen MR) is 130 cm³/mol. The number of rotatable bonds is 3. The summed E-state index contributed by atoms with van der Waals surface area (Å²) in [6.07, 6.45) is 4.49. The molecule has 7 rings (SSSR count). The molecule has 8 heteroatoms. The number of carbonyl (C=O) groups is 2. The molecule has 12 unspecified atom stereocenters. The second kappa shape index (κ2) is 7.18. The second-order valence-electron chi connectivity index (χ2n) is 14.0. The molecule has 0 aromatic heterocycles. The zero-order valence-corrected chi connectivity index (χ0v) is 22.5. The van der Waals surface area contributed by atoms with Crippen molar-refractivity contribution in [2.24, 2.45) is 29.1 Å². The lowest BCUT2D eigenvalue weighted by Gasteiger charge is -2.55. The van der Waals surface area contributed by atoms with Crippen molar-refractivity contribution in [2.75, 3.05) is 0 Å². The third-order valence-corrected chi connectivity index (χ3v) is 12.1. The maximum atomic E-state index is 12.5. The van der Waals surface area contributed by atoms with Gasteiger partial charge in [-0.15, -0.1) is 0 Å². The number of fused-ring (bicyclic) bond motifs is 1. The Labute approximate surface area is 218 Å². The van der Waals surface area contributed by atoms with Crippen molar-refractivity contribution in [2.45, 2.75) is 126 Å². The molecular formula is C29H40O8. The van der Waals surface area contributed by atoms with Gasteiger partial charge in [-0.05, 0) is 70.8 Å². The largest absolute Gasteiger partial charge is 0.456 e. The molecule has 4 aliphatic heterocycles. The molecule has 12 atom stereocenters. The number of ether oxygens (including phenoxy) is 4. The quantitative estimate of drug-likeness (QED) is 0.435. The number of aliphatic hydroxyl groups excluding tert-OH is 1. The summed E-state index contributed by atoms with van der Waals surface area (Å²) < 4.78 is 24.5. The molecule has 3 saturated heterocycles. The average molecular weight is 517 g/mol. The molecule has 2 spiro atoms. The third kappa shape index (κ3) is 2.88. The van der Waals surface area contributed by atoms with Crippen LogP contribution in [0.4, 0.5) is 0 Å². The van der Waals surface area contributed by atoms with Crippen LogP contribution in [-0.2, 0) is 28.5 Å². The minimum atomic E-state index is -1.01. The fraction of sp³-hybridized carbons (Fsp3) is 0.862. The lowest BCUT2D eigenvalue weighted by molar-refractivity contribution is -0.185. The SMILES string of the molecule is CC1=CC(C(O)C(C)C2CC3OC34C3CCC5C(C)(C)OC6CC(=O)OC65CC3(O)CCC24C)OC1=O. The average Bonchev–Trinajstić information content (AvgIpc) is 3.16. The normalized spacial score (nSPS) is 54.5. The third-order valence-electron chi connectivity index (χ3n) is 12.1. The Balaban J connectivity index is 1.20. The van der Waals surface area contributed by atoms with Crippen molar-refractivity contribution in [3.63, 3.8) is 0 Å². The molecular weight excluding hydrogens is 476 g/mol. The molecule has 8 nitrogen and oxygen atoms in total. The lowest BCUT2D eigenvalue weighted by Crippen LogP contribution is -2.61. The fourth-order valence-electron chi connectivity index (χ4n) is 10.4. The Morgan fingerprint density at radius 3 is 2.49 bits per heavy atom. The summed E-state index contributed by atoms with van der Waals surface area (Å²) >= 11 is 0.